The molecule has 0 atom stereocenters. The number of aromatic nitrogens is 3. The van der Waals surface area contributed by atoms with E-state index in [9.17, 15) is 0 Å². The van der Waals surface area contributed by atoms with Gasteiger partial charge in [-0.15, -0.1) is 5.10 Å². The van der Waals surface area contributed by atoms with Crippen LogP contribution in [-0.4, -0.2) is 21.2 Å². The average molecular weight is 399 g/mol. The lowest BCUT2D eigenvalue weighted by molar-refractivity contribution is 0.340. The van der Waals surface area contributed by atoms with Gasteiger partial charge in [-0.05, 0) is 70.4 Å². The van der Waals surface area contributed by atoms with E-state index in [1.54, 1.807) is 10.6 Å². The number of anilines is 1. The highest BCUT2D eigenvalue weighted by atomic mass is 79.9. The highest BCUT2D eigenvalue weighted by Gasteiger charge is 2.13. The van der Waals surface area contributed by atoms with Gasteiger partial charge in [-0.3, -0.25) is 0 Å². The third kappa shape index (κ3) is 2.98. The predicted molar refractivity (Wildman–Crippen MR) is 99.4 cm³/mol. The van der Waals surface area contributed by atoms with Crippen LogP contribution in [0.3, 0.4) is 0 Å². The van der Waals surface area contributed by atoms with Crippen LogP contribution >= 0.6 is 15.9 Å². The lowest BCUT2D eigenvalue weighted by atomic mass is 10.1. The van der Waals surface area contributed by atoms with Gasteiger partial charge in [0.1, 0.15) is 11.6 Å². The molecular weight excluding hydrogens is 384 g/mol. The number of pyridine rings is 1. The summed E-state index contributed by atoms with van der Waals surface area (Å²) in [6.45, 7) is 2.58. The first-order valence-corrected chi connectivity index (χ1v) is 8.58. The van der Waals surface area contributed by atoms with Gasteiger partial charge in [-0.1, -0.05) is 12.1 Å². The molecule has 25 heavy (non-hydrogen) atoms. The van der Waals surface area contributed by atoms with Gasteiger partial charge in [0, 0.05) is 0 Å². The van der Waals surface area contributed by atoms with Crippen molar-refractivity contribution in [3.8, 4) is 28.5 Å². The second-order valence-corrected chi connectivity index (χ2v) is 6.22. The maximum Gasteiger partial charge on any atom is 0.218 e. The molecule has 7 heteroatoms. The summed E-state index contributed by atoms with van der Waals surface area (Å²) in [6.07, 6.45) is 0. The van der Waals surface area contributed by atoms with Crippen LogP contribution in [0.4, 0.5) is 5.82 Å². The topological polar surface area (TPSA) is 78.6 Å². The second-order valence-electron chi connectivity index (χ2n) is 5.44. The highest BCUT2D eigenvalue weighted by molar-refractivity contribution is 9.10. The molecule has 0 aliphatic rings. The summed E-state index contributed by atoms with van der Waals surface area (Å²) < 4.78 is 13.3. The van der Waals surface area contributed by atoms with Crippen molar-refractivity contribution in [3.63, 3.8) is 0 Å². The molecule has 3 heterocycles. The monoisotopic (exact) mass is 398 g/mol. The minimum Gasteiger partial charge on any atom is -0.494 e. The Morgan fingerprint density at radius 3 is 2.80 bits per heavy atom. The van der Waals surface area contributed by atoms with Crippen LogP contribution in [0.15, 0.2) is 57.6 Å². The van der Waals surface area contributed by atoms with Crippen molar-refractivity contribution < 1.29 is 9.15 Å². The van der Waals surface area contributed by atoms with E-state index < -0.39 is 0 Å². The van der Waals surface area contributed by atoms with Crippen LogP contribution in [0.2, 0.25) is 0 Å². The van der Waals surface area contributed by atoms with Crippen molar-refractivity contribution in [3.05, 3.63) is 53.2 Å². The van der Waals surface area contributed by atoms with Gasteiger partial charge >= 0.3 is 0 Å². The second kappa shape index (κ2) is 6.25. The van der Waals surface area contributed by atoms with Crippen LogP contribution in [0.25, 0.3) is 28.4 Å². The highest BCUT2D eigenvalue weighted by Crippen LogP contribution is 2.28. The molecule has 0 bridgehead atoms. The molecule has 0 spiro atoms. The zero-order chi connectivity index (χ0) is 17.4. The Labute approximate surface area is 152 Å². The Kier molecular flexibility index (Phi) is 3.93. The van der Waals surface area contributed by atoms with E-state index in [-0.39, 0.29) is 0 Å². The van der Waals surface area contributed by atoms with E-state index in [1.807, 2.05) is 49.4 Å². The summed E-state index contributed by atoms with van der Waals surface area (Å²) in [5, 5.41) is 4.42. The maximum absolute atomic E-state index is 6.18. The standard InChI is InChI=1S/C18H15BrN4O2/c1-2-24-13-5-3-4-11(8-13)12-9-16(20)23-17(10-12)21-18(22-23)14-6-7-15(19)25-14/h3-10H,2,20H2,1H3. The lowest BCUT2D eigenvalue weighted by Crippen LogP contribution is -1.99. The van der Waals surface area contributed by atoms with Crippen LogP contribution < -0.4 is 10.5 Å². The fourth-order valence-electron chi connectivity index (χ4n) is 2.65. The fourth-order valence-corrected chi connectivity index (χ4v) is 2.95. The van der Waals surface area contributed by atoms with E-state index in [0.717, 1.165) is 16.9 Å². The molecule has 126 valence electrons. The summed E-state index contributed by atoms with van der Waals surface area (Å²) in [5.74, 6) is 2.38. The number of benzene rings is 1. The Hall–Kier alpha value is -2.80. The number of fused-ring (bicyclic) bond motifs is 1. The Bertz CT molecular complexity index is 1050. The predicted octanol–water partition coefficient (Wildman–Crippen LogP) is 4.40. The van der Waals surface area contributed by atoms with Gasteiger partial charge in [-0.2, -0.15) is 4.52 Å². The minimum atomic E-state index is 0.484. The zero-order valence-electron chi connectivity index (χ0n) is 13.4. The molecule has 4 aromatic rings. The van der Waals surface area contributed by atoms with E-state index in [4.69, 9.17) is 14.9 Å². The van der Waals surface area contributed by atoms with Crippen molar-refractivity contribution in [2.75, 3.05) is 12.3 Å². The SMILES string of the molecule is CCOc1cccc(-c2cc(N)n3nc(-c4ccc(Br)o4)nc3c2)c1. The molecule has 0 saturated heterocycles. The molecule has 0 fully saturated rings. The van der Waals surface area contributed by atoms with Gasteiger partial charge in [0.15, 0.2) is 16.1 Å². The molecular formula is C18H15BrN4O2. The van der Waals surface area contributed by atoms with E-state index in [2.05, 4.69) is 26.0 Å². The molecule has 6 nitrogen and oxygen atoms in total. The zero-order valence-corrected chi connectivity index (χ0v) is 15.0. The molecule has 0 radical (unpaired) electrons. The first-order chi connectivity index (χ1) is 12.1. The van der Waals surface area contributed by atoms with Crippen molar-refractivity contribution in [1.29, 1.82) is 0 Å². The van der Waals surface area contributed by atoms with Crippen LogP contribution in [0.1, 0.15) is 6.92 Å². The third-order valence-corrected chi connectivity index (χ3v) is 4.16. The summed E-state index contributed by atoms with van der Waals surface area (Å²) in [4.78, 5) is 4.53. The van der Waals surface area contributed by atoms with Gasteiger partial charge in [0.05, 0.1) is 6.61 Å². The Morgan fingerprint density at radius 2 is 2.04 bits per heavy atom. The van der Waals surface area contributed by atoms with E-state index in [1.165, 1.54) is 0 Å². The first-order valence-electron chi connectivity index (χ1n) is 7.79. The largest absolute Gasteiger partial charge is 0.494 e. The number of furan rings is 1. The number of hydrogen-bond acceptors (Lipinski definition) is 5. The average Bonchev–Trinajstić information content (AvgIpc) is 3.22. The van der Waals surface area contributed by atoms with Crippen LogP contribution in [0.5, 0.6) is 5.75 Å². The smallest absolute Gasteiger partial charge is 0.218 e. The number of ether oxygens (including phenoxy) is 1. The Balaban J connectivity index is 1.80. The van der Waals surface area contributed by atoms with Gasteiger partial charge < -0.3 is 14.9 Å². The molecule has 0 saturated carbocycles. The minimum absolute atomic E-state index is 0.484. The Morgan fingerprint density at radius 1 is 1.16 bits per heavy atom. The van der Waals surface area contributed by atoms with Gasteiger partial charge in [0.25, 0.3) is 0 Å². The molecule has 0 amide bonds. The molecule has 3 aromatic heterocycles. The summed E-state index contributed by atoms with van der Waals surface area (Å²) in [7, 11) is 0. The molecule has 0 unspecified atom stereocenters. The number of nitrogens with two attached hydrogens (primary N) is 1. The molecule has 4 rings (SSSR count). The van der Waals surface area contributed by atoms with Gasteiger partial charge in [-0.25, -0.2) is 4.98 Å². The van der Waals surface area contributed by atoms with Crippen LogP contribution in [-0.2, 0) is 0 Å². The molecule has 1 aromatic carbocycles. The molecule has 2 N–H and O–H groups in total. The number of hydrogen-bond donors (Lipinski definition) is 1. The van der Waals surface area contributed by atoms with E-state index in [0.29, 0.717) is 34.3 Å². The van der Waals surface area contributed by atoms with Crippen molar-refractivity contribution in [2.45, 2.75) is 6.92 Å². The van der Waals surface area contributed by atoms with Crippen molar-refractivity contribution >= 4 is 27.4 Å². The first kappa shape index (κ1) is 15.7. The summed E-state index contributed by atoms with van der Waals surface area (Å²) >= 11 is 3.28. The normalized spacial score (nSPS) is 11.1. The van der Waals surface area contributed by atoms with Gasteiger partial charge in [0.2, 0.25) is 5.82 Å². The van der Waals surface area contributed by atoms with E-state index >= 15 is 0 Å². The van der Waals surface area contributed by atoms with Crippen molar-refractivity contribution in [2.24, 2.45) is 0 Å². The molecule has 0 aliphatic carbocycles. The quantitative estimate of drug-likeness (QED) is 0.550. The lowest BCUT2D eigenvalue weighted by Gasteiger charge is -2.07. The number of nitrogen functional groups attached to an aromatic ring is 1. The summed E-state index contributed by atoms with van der Waals surface area (Å²) in [5.41, 5.74) is 8.78. The number of rotatable bonds is 4. The molecule has 0 aliphatic heterocycles. The number of halogens is 1. The maximum atomic E-state index is 6.18. The summed E-state index contributed by atoms with van der Waals surface area (Å²) in [6, 6.07) is 15.3. The fraction of sp³-hybridized carbons (Fsp3) is 0.111. The number of nitrogens with zero attached hydrogens (tertiary/aromatic N) is 3. The van der Waals surface area contributed by atoms with Crippen LogP contribution in [0, 0.1) is 0 Å². The third-order valence-electron chi connectivity index (χ3n) is 3.74. The van der Waals surface area contributed by atoms with Crippen molar-refractivity contribution in [1.82, 2.24) is 14.6 Å².